The minimum Gasteiger partial charge on any atom is -0.487 e. The molecule has 2 aromatic rings. The molecule has 0 saturated carbocycles. The fourth-order valence-corrected chi connectivity index (χ4v) is 5.19. The molecule has 31 heavy (non-hydrogen) atoms. The summed E-state index contributed by atoms with van der Waals surface area (Å²) in [6.45, 7) is 4.44. The lowest BCUT2D eigenvalue weighted by atomic mass is 10.2. The lowest BCUT2D eigenvalue weighted by Crippen LogP contribution is -2.31. The minimum atomic E-state index is -0.451. The highest BCUT2D eigenvalue weighted by molar-refractivity contribution is 9.11. The number of carbonyl (C=O) groups is 2. The Bertz CT molecular complexity index is 1060. The Labute approximate surface area is 200 Å². The van der Waals surface area contributed by atoms with E-state index in [1.165, 1.54) is 17.0 Å². The lowest BCUT2D eigenvalue weighted by Gasteiger charge is -2.14. The zero-order valence-electron chi connectivity index (χ0n) is 16.6. The van der Waals surface area contributed by atoms with Gasteiger partial charge in [0, 0.05) is 18.7 Å². The summed E-state index contributed by atoms with van der Waals surface area (Å²) in [6, 6.07) is 9.80. The van der Waals surface area contributed by atoms with Crippen molar-refractivity contribution >= 4 is 66.5 Å². The Morgan fingerprint density at radius 1 is 1.19 bits per heavy atom. The van der Waals surface area contributed by atoms with Crippen LogP contribution in [0.25, 0.3) is 6.08 Å². The average Bonchev–Trinajstić information content (AvgIpc) is 2.94. The van der Waals surface area contributed by atoms with Gasteiger partial charge in [0.05, 0.1) is 18.8 Å². The molecule has 7 nitrogen and oxygen atoms in total. The summed E-state index contributed by atoms with van der Waals surface area (Å²) in [5, 5.41) is 10.7. The maximum atomic E-state index is 12.5. The third-order valence-electron chi connectivity index (χ3n) is 4.24. The number of nitro groups is 1. The maximum absolute atomic E-state index is 12.5. The predicted octanol–water partition coefficient (Wildman–Crippen LogP) is 6.39. The molecule has 10 heteroatoms. The van der Waals surface area contributed by atoms with Gasteiger partial charge in [0.1, 0.15) is 12.4 Å². The van der Waals surface area contributed by atoms with Gasteiger partial charge in [0.2, 0.25) is 0 Å². The topological polar surface area (TPSA) is 89.8 Å². The van der Waals surface area contributed by atoms with E-state index in [-0.39, 0.29) is 29.4 Å². The number of nitro benzene ring substituents is 1. The normalized spacial score (nSPS) is 15.3. The fraction of sp³-hybridized carbons (Fsp3) is 0.238. The van der Waals surface area contributed by atoms with Crippen LogP contribution in [0, 0.1) is 16.0 Å². The number of hydrogen-bond acceptors (Lipinski definition) is 6. The second-order valence-corrected chi connectivity index (χ2v) is 9.92. The van der Waals surface area contributed by atoms with Crippen LogP contribution in [-0.4, -0.2) is 27.5 Å². The molecule has 0 aliphatic carbocycles. The van der Waals surface area contributed by atoms with Crippen molar-refractivity contribution in [2.24, 2.45) is 5.92 Å². The quantitative estimate of drug-likeness (QED) is 0.218. The molecular weight excluding hydrogens is 552 g/mol. The Morgan fingerprint density at radius 2 is 1.87 bits per heavy atom. The molecule has 0 spiro atoms. The number of nitrogens with zero attached hydrogens (tertiary/aromatic N) is 2. The molecule has 3 rings (SSSR count). The van der Waals surface area contributed by atoms with Crippen LogP contribution in [0.1, 0.15) is 25.0 Å². The monoisotopic (exact) mass is 568 g/mol. The highest BCUT2D eigenvalue weighted by atomic mass is 79.9. The van der Waals surface area contributed by atoms with Crippen LogP contribution in [0.4, 0.5) is 10.5 Å². The molecule has 0 radical (unpaired) electrons. The van der Waals surface area contributed by atoms with Gasteiger partial charge in [0.25, 0.3) is 16.8 Å². The minimum absolute atomic E-state index is 0.000919. The summed E-state index contributed by atoms with van der Waals surface area (Å²) >= 11 is 7.86. The zero-order chi connectivity index (χ0) is 22.7. The van der Waals surface area contributed by atoms with Crippen molar-refractivity contribution < 1.29 is 19.2 Å². The first-order valence-corrected chi connectivity index (χ1v) is 11.7. The van der Waals surface area contributed by atoms with E-state index in [2.05, 4.69) is 31.9 Å². The van der Waals surface area contributed by atoms with Crippen molar-refractivity contribution in [1.29, 1.82) is 0 Å². The molecule has 1 fully saturated rings. The lowest BCUT2D eigenvalue weighted by molar-refractivity contribution is -0.384. The van der Waals surface area contributed by atoms with Crippen LogP contribution in [-0.2, 0) is 11.4 Å². The Kier molecular flexibility index (Phi) is 7.55. The molecule has 0 bridgehead atoms. The van der Waals surface area contributed by atoms with Gasteiger partial charge in [-0.05, 0) is 78.9 Å². The van der Waals surface area contributed by atoms with Crippen LogP contribution in [0.5, 0.6) is 5.75 Å². The van der Waals surface area contributed by atoms with E-state index in [0.29, 0.717) is 31.7 Å². The Morgan fingerprint density at radius 3 is 2.48 bits per heavy atom. The molecule has 1 aliphatic rings. The number of halogens is 2. The number of amides is 2. The number of rotatable bonds is 7. The van der Waals surface area contributed by atoms with Crippen LogP contribution in [0.15, 0.2) is 50.2 Å². The van der Waals surface area contributed by atoms with Crippen LogP contribution in [0.2, 0.25) is 0 Å². The number of benzene rings is 2. The summed E-state index contributed by atoms with van der Waals surface area (Å²) < 4.78 is 7.12. The summed E-state index contributed by atoms with van der Waals surface area (Å²) in [5.41, 5.74) is 1.38. The predicted molar refractivity (Wildman–Crippen MR) is 127 cm³/mol. The second-order valence-electron chi connectivity index (χ2n) is 7.22. The molecular formula is C21H18Br2N2O5S. The van der Waals surface area contributed by atoms with E-state index in [1.54, 1.807) is 30.3 Å². The summed E-state index contributed by atoms with van der Waals surface area (Å²) in [6.07, 6.45) is 1.67. The van der Waals surface area contributed by atoms with Crippen LogP contribution < -0.4 is 4.74 Å². The molecule has 2 amide bonds. The van der Waals surface area contributed by atoms with E-state index in [1.807, 2.05) is 13.8 Å². The van der Waals surface area contributed by atoms with Crippen molar-refractivity contribution in [2.75, 3.05) is 6.54 Å². The highest BCUT2D eigenvalue weighted by Crippen LogP contribution is 2.38. The molecule has 2 aromatic carbocycles. The van der Waals surface area contributed by atoms with E-state index >= 15 is 0 Å². The van der Waals surface area contributed by atoms with Crippen molar-refractivity contribution in [3.05, 3.63) is 71.5 Å². The van der Waals surface area contributed by atoms with E-state index in [9.17, 15) is 19.7 Å². The number of hydrogen-bond donors (Lipinski definition) is 0. The van der Waals surface area contributed by atoms with E-state index in [0.717, 1.165) is 17.3 Å². The first-order valence-electron chi connectivity index (χ1n) is 9.26. The largest absolute Gasteiger partial charge is 0.487 e. The second kappa shape index (κ2) is 9.97. The van der Waals surface area contributed by atoms with Gasteiger partial charge < -0.3 is 4.74 Å². The van der Waals surface area contributed by atoms with Gasteiger partial charge in [-0.3, -0.25) is 24.6 Å². The Hall–Kier alpha value is -2.17. The third kappa shape index (κ3) is 5.75. The molecule has 0 N–H and O–H groups in total. The molecule has 162 valence electrons. The number of thioether (sulfide) groups is 1. The van der Waals surface area contributed by atoms with Gasteiger partial charge in [-0.2, -0.15) is 0 Å². The first-order chi connectivity index (χ1) is 14.7. The zero-order valence-corrected chi connectivity index (χ0v) is 20.6. The standard InChI is InChI=1S/C21H18Br2N2O5S/c1-12(2)10-24-20(26)18(31-21(24)27)9-14-7-16(22)19(17(23)8-14)30-11-13-4-3-5-15(6-13)25(28)29/h3-9,12H,10-11H2,1-2H3/b18-9-. The highest BCUT2D eigenvalue weighted by Gasteiger charge is 2.35. The van der Waals surface area contributed by atoms with Crippen molar-refractivity contribution in [2.45, 2.75) is 20.5 Å². The number of carbonyl (C=O) groups excluding carboxylic acids is 2. The van der Waals surface area contributed by atoms with Gasteiger partial charge in [-0.15, -0.1) is 0 Å². The summed E-state index contributed by atoms with van der Waals surface area (Å²) in [4.78, 5) is 36.8. The third-order valence-corrected chi connectivity index (χ3v) is 6.33. The van der Waals surface area contributed by atoms with Gasteiger partial charge in [-0.25, -0.2) is 0 Å². The molecule has 1 aliphatic heterocycles. The summed E-state index contributed by atoms with van der Waals surface area (Å²) in [5.74, 6) is 0.428. The van der Waals surface area contributed by atoms with Crippen molar-refractivity contribution in [3.8, 4) is 5.75 Å². The van der Waals surface area contributed by atoms with E-state index < -0.39 is 4.92 Å². The van der Waals surface area contributed by atoms with Gasteiger partial charge in [0.15, 0.2) is 0 Å². The SMILES string of the molecule is CC(C)CN1C(=O)S/C(=C\c2cc(Br)c(OCc3cccc([N+](=O)[O-])c3)c(Br)c2)C1=O. The number of imide groups is 1. The molecule has 0 unspecified atom stereocenters. The molecule has 1 heterocycles. The smallest absolute Gasteiger partial charge is 0.293 e. The number of non-ortho nitro benzene ring substituents is 1. The van der Waals surface area contributed by atoms with Crippen LogP contribution in [0.3, 0.4) is 0 Å². The van der Waals surface area contributed by atoms with Crippen molar-refractivity contribution in [3.63, 3.8) is 0 Å². The first kappa shape index (κ1) is 23.5. The average molecular weight is 570 g/mol. The van der Waals surface area contributed by atoms with Gasteiger partial charge in [-0.1, -0.05) is 26.0 Å². The van der Waals surface area contributed by atoms with Crippen LogP contribution >= 0.6 is 43.6 Å². The molecule has 0 aromatic heterocycles. The number of ether oxygens (including phenoxy) is 1. The van der Waals surface area contributed by atoms with Gasteiger partial charge >= 0.3 is 0 Å². The van der Waals surface area contributed by atoms with E-state index in [4.69, 9.17) is 4.74 Å². The fourth-order valence-electron chi connectivity index (χ4n) is 2.89. The maximum Gasteiger partial charge on any atom is 0.293 e. The Balaban J connectivity index is 1.77. The molecule has 0 atom stereocenters. The molecule has 1 saturated heterocycles. The summed E-state index contributed by atoms with van der Waals surface area (Å²) in [7, 11) is 0. The van der Waals surface area contributed by atoms with Crippen molar-refractivity contribution in [1.82, 2.24) is 4.90 Å².